The number of hydrogen-bond acceptors (Lipinski definition) is 5. The van der Waals surface area contributed by atoms with E-state index < -0.39 is 0 Å². The van der Waals surface area contributed by atoms with Crippen LogP contribution in [0, 0.1) is 0 Å². The molecule has 1 aliphatic rings. The average Bonchev–Trinajstić information content (AvgIpc) is 3.05. The van der Waals surface area contributed by atoms with Gasteiger partial charge in [-0.05, 0) is 36.6 Å². The van der Waals surface area contributed by atoms with Gasteiger partial charge >= 0.3 is 0 Å². The summed E-state index contributed by atoms with van der Waals surface area (Å²) < 4.78 is 1.24. The molecule has 5 heteroatoms. The average molecular weight is 367 g/mol. The molecule has 2 heterocycles. The molecule has 1 N–H and O–H groups in total. The van der Waals surface area contributed by atoms with E-state index in [2.05, 4.69) is 65.1 Å². The van der Waals surface area contributed by atoms with Crippen LogP contribution in [0.5, 0.6) is 0 Å². The van der Waals surface area contributed by atoms with Gasteiger partial charge in [-0.25, -0.2) is 4.98 Å². The van der Waals surface area contributed by atoms with Crippen LogP contribution in [0.15, 0.2) is 65.4 Å². The molecule has 136 valence electrons. The van der Waals surface area contributed by atoms with Crippen molar-refractivity contribution in [3.8, 4) is 0 Å². The maximum atomic E-state index is 4.67. The van der Waals surface area contributed by atoms with Crippen molar-refractivity contribution >= 4 is 27.3 Å². The number of likely N-dealkylation sites (N-methyl/N-ethyl adjacent to an activating group) is 1. The van der Waals surface area contributed by atoms with Crippen LogP contribution in [0.25, 0.3) is 10.2 Å². The maximum absolute atomic E-state index is 4.67. The highest BCUT2D eigenvalue weighted by atomic mass is 32.1. The van der Waals surface area contributed by atoms with E-state index in [9.17, 15) is 0 Å². The Balaban J connectivity index is 1.74. The fourth-order valence-corrected chi connectivity index (χ4v) is 3.86. The molecular weight excluding hydrogens is 340 g/mol. The van der Waals surface area contributed by atoms with Crippen molar-refractivity contribution in [3.63, 3.8) is 0 Å². The second kappa shape index (κ2) is 7.98. The molecule has 0 aliphatic carbocycles. The number of benzene rings is 1. The maximum Gasteiger partial charge on any atom is 0.0815 e. The molecule has 1 atom stereocenters. The second-order valence-electron chi connectivity index (χ2n) is 6.63. The first-order chi connectivity index (χ1) is 12.5. The van der Waals surface area contributed by atoms with E-state index in [0.717, 1.165) is 48.4 Å². The smallest absolute Gasteiger partial charge is 0.0815 e. The molecule has 1 aliphatic heterocycles. The Kier molecular flexibility index (Phi) is 5.69. The van der Waals surface area contributed by atoms with Crippen molar-refractivity contribution in [3.05, 3.63) is 66.0 Å². The largest absolute Gasteiger partial charge is 0.387 e. The number of aromatic nitrogens is 1. The Bertz CT molecular complexity index is 877. The molecule has 0 bridgehead atoms. The quantitative estimate of drug-likeness (QED) is 0.780. The predicted molar refractivity (Wildman–Crippen MR) is 113 cm³/mol. The summed E-state index contributed by atoms with van der Waals surface area (Å²) in [7, 11) is 1.83. The Morgan fingerprint density at radius 3 is 2.85 bits per heavy atom. The Morgan fingerprint density at radius 2 is 2.08 bits per heavy atom. The number of nitrogens with zero attached hydrogens (tertiary/aromatic N) is 3. The van der Waals surface area contributed by atoms with Gasteiger partial charge in [0, 0.05) is 38.3 Å². The number of likely N-dealkylation sites (tertiary alicyclic amines) is 1. The molecule has 2 aromatic rings. The zero-order valence-corrected chi connectivity index (χ0v) is 16.4. The standard InChI is InChI=1S/C21H26N4S/c1-14-8-10-25(11-9-19(14)24-16(3)15(2)22-5)17(4)18-6-7-21-20(12-18)23-13-26-21/h6-7,12-13,17,22H,1-3,8-11H2,4-5H3. The first kappa shape index (κ1) is 18.5. The monoisotopic (exact) mass is 366 g/mol. The lowest BCUT2D eigenvalue weighted by Gasteiger charge is -2.27. The van der Waals surface area contributed by atoms with E-state index in [1.165, 1.54) is 10.3 Å². The molecule has 1 unspecified atom stereocenters. The topological polar surface area (TPSA) is 40.5 Å². The second-order valence-corrected chi connectivity index (χ2v) is 7.52. The van der Waals surface area contributed by atoms with Gasteiger partial charge in [-0.15, -0.1) is 11.3 Å². The van der Waals surface area contributed by atoms with Crippen LogP contribution in [-0.4, -0.2) is 35.7 Å². The van der Waals surface area contributed by atoms with Crippen LogP contribution in [0.2, 0.25) is 0 Å². The minimum Gasteiger partial charge on any atom is -0.387 e. The molecule has 1 aromatic heterocycles. The van der Waals surface area contributed by atoms with Crippen molar-refractivity contribution < 1.29 is 0 Å². The van der Waals surface area contributed by atoms with Gasteiger partial charge in [0.2, 0.25) is 0 Å². The van der Waals surface area contributed by atoms with Gasteiger partial charge in [-0.1, -0.05) is 25.8 Å². The highest BCUT2D eigenvalue weighted by Crippen LogP contribution is 2.28. The summed E-state index contributed by atoms with van der Waals surface area (Å²) in [5.74, 6) is 0. The van der Waals surface area contributed by atoms with E-state index >= 15 is 0 Å². The molecule has 0 saturated carbocycles. The summed E-state index contributed by atoms with van der Waals surface area (Å²) in [5, 5.41) is 3.00. The molecule has 1 saturated heterocycles. The van der Waals surface area contributed by atoms with Crippen LogP contribution < -0.4 is 5.32 Å². The Labute approximate surface area is 159 Å². The van der Waals surface area contributed by atoms with E-state index in [4.69, 9.17) is 0 Å². The summed E-state index contributed by atoms with van der Waals surface area (Å²) in [6.45, 7) is 16.4. The fraction of sp³-hybridized carbons (Fsp3) is 0.333. The van der Waals surface area contributed by atoms with E-state index in [0.29, 0.717) is 11.7 Å². The number of aliphatic imine (C=N–C) groups is 1. The summed E-state index contributed by atoms with van der Waals surface area (Å²) in [5.41, 5.74) is 7.86. The highest BCUT2D eigenvalue weighted by molar-refractivity contribution is 7.16. The van der Waals surface area contributed by atoms with E-state index in [1.807, 2.05) is 12.6 Å². The Hall–Kier alpha value is -2.24. The molecule has 1 aromatic carbocycles. The summed E-state index contributed by atoms with van der Waals surface area (Å²) in [6.07, 6.45) is 1.79. The van der Waals surface area contributed by atoms with Gasteiger partial charge in [0.05, 0.1) is 27.1 Å². The fourth-order valence-electron chi connectivity index (χ4n) is 3.20. The third-order valence-corrected chi connectivity index (χ3v) is 5.86. The molecule has 3 rings (SSSR count). The van der Waals surface area contributed by atoms with Crippen molar-refractivity contribution in [1.82, 2.24) is 15.2 Å². The SMILES string of the molecule is C=C1CCN(C(C)c2ccc3scnc3c2)CCC1=NC(=C)C(=C)NC. The molecule has 1 fully saturated rings. The van der Waals surface area contributed by atoms with E-state index in [-0.39, 0.29) is 0 Å². The number of hydrogen-bond donors (Lipinski definition) is 1. The van der Waals surface area contributed by atoms with Crippen molar-refractivity contribution in [2.45, 2.75) is 25.8 Å². The first-order valence-electron chi connectivity index (χ1n) is 8.88. The number of fused-ring (bicyclic) bond motifs is 1. The summed E-state index contributed by atoms with van der Waals surface area (Å²) >= 11 is 1.68. The molecule has 0 spiro atoms. The Morgan fingerprint density at radius 1 is 1.31 bits per heavy atom. The van der Waals surface area contributed by atoms with Gasteiger partial charge in [-0.2, -0.15) is 0 Å². The van der Waals surface area contributed by atoms with Gasteiger partial charge in [-0.3, -0.25) is 9.89 Å². The predicted octanol–water partition coefficient (Wildman–Crippen LogP) is 4.70. The lowest BCUT2D eigenvalue weighted by molar-refractivity contribution is 0.224. The molecule has 26 heavy (non-hydrogen) atoms. The third kappa shape index (κ3) is 3.94. The highest BCUT2D eigenvalue weighted by Gasteiger charge is 2.21. The summed E-state index contributed by atoms with van der Waals surface area (Å²) in [6, 6.07) is 6.95. The molecule has 0 radical (unpaired) electrons. The lowest BCUT2D eigenvalue weighted by Crippen LogP contribution is -2.28. The van der Waals surface area contributed by atoms with Crippen molar-refractivity contribution in [2.24, 2.45) is 4.99 Å². The first-order valence-corrected chi connectivity index (χ1v) is 9.76. The normalized spacial score (nSPS) is 18.7. The third-order valence-electron chi connectivity index (χ3n) is 5.05. The van der Waals surface area contributed by atoms with Gasteiger partial charge in [0.1, 0.15) is 0 Å². The minimum atomic E-state index is 0.337. The van der Waals surface area contributed by atoms with Crippen LogP contribution >= 0.6 is 11.3 Å². The molecule has 4 nitrogen and oxygen atoms in total. The van der Waals surface area contributed by atoms with Crippen molar-refractivity contribution in [2.75, 3.05) is 20.1 Å². The zero-order chi connectivity index (χ0) is 18.7. The number of thiazole rings is 1. The summed E-state index contributed by atoms with van der Waals surface area (Å²) in [4.78, 5) is 11.6. The number of rotatable bonds is 5. The van der Waals surface area contributed by atoms with Gasteiger partial charge < -0.3 is 5.32 Å². The van der Waals surface area contributed by atoms with Crippen LogP contribution in [0.4, 0.5) is 0 Å². The minimum absolute atomic E-state index is 0.337. The zero-order valence-electron chi connectivity index (χ0n) is 15.6. The van der Waals surface area contributed by atoms with Crippen LogP contribution in [0.1, 0.15) is 31.4 Å². The van der Waals surface area contributed by atoms with Crippen LogP contribution in [-0.2, 0) is 0 Å². The van der Waals surface area contributed by atoms with Gasteiger partial charge in [0.15, 0.2) is 0 Å². The van der Waals surface area contributed by atoms with Gasteiger partial charge in [0.25, 0.3) is 0 Å². The van der Waals surface area contributed by atoms with E-state index in [1.54, 1.807) is 11.3 Å². The lowest BCUT2D eigenvalue weighted by atomic mass is 10.1. The molecule has 0 amide bonds. The molecular formula is C21H26N4S. The number of nitrogens with one attached hydrogen (secondary N) is 1. The van der Waals surface area contributed by atoms with Crippen LogP contribution in [0.3, 0.4) is 0 Å². The van der Waals surface area contributed by atoms with Crippen molar-refractivity contribution in [1.29, 1.82) is 0 Å².